The molecule has 0 bridgehead atoms. The Labute approximate surface area is 248 Å². The number of carbonyl (C=O) groups is 2. The second kappa shape index (κ2) is 10.6. The number of pyridine rings is 1. The average molecular weight is 580 g/mol. The largest absolute Gasteiger partial charge is 0.490 e. The summed E-state index contributed by atoms with van der Waals surface area (Å²) in [6.45, 7) is 5.44. The van der Waals surface area contributed by atoms with Gasteiger partial charge < -0.3 is 20.1 Å². The maximum absolute atomic E-state index is 14.1. The molecule has 3 aliphatic rings. The van der Waals surface area contributed by atoms with Crippen molar-refractivity contribution in [3.05, 3.63) is 82.3 Å². The van der Waals surface area contributed by atoms with Gasteiger partial charge in [-0.05, 0) is 95.1 Å². The van der Waals surface area contributed by atoms with Crippen molar-refractivity contribution in [2.45, 2.75) is 57.3 Å². The van der Waals surface area contributed by atoms with E-state index >= 15 is 0 Å². The number of aromatic nitrogens is 3. The summed E-state index contributed by atoms with van der Waals surface area (Å²) < 4.78 is 13.7. The van der Waals surface area contributed by atoms with Crippen LogP contribution < -0.4 is 25.7 Å². The molecule has 2 aromatic carbocycles. The minimum absolute atomic E-state index is 0.0473. The summed E-state index contributed by atoms with van der Waals surface area (Å²) in [5.41, 5.74) is -0.251. The second-order valence-electron chi connectivity index (χ2n) is 12.0. The fraction of sp³-hybridized carbons (Fsp3) is 0.364. The van der Waals surface area contributed by atoms with Crippen molar-refractivity contribution in [2.75, 3.05) is 18.4 Å². The molecule has 2 N–H and O–H groups in total. The van der Waals surface area contributed by atoms with E-state index in [1.165, 1.54) is 4.57 Å². The number of ether oxygens (including phenoxy) is 2. The highest BCUT2D eigenvalue weighted by Gasteiger charge is 2.46. The third-order valence-corrected chi connectivity index (χ3v) is 8.38. The molecule has 0 radical (unpaired) electrons. The van der Waals surface area contributed by atoms with Gasteiger partial charge >= 0.3 is 0 Å². The van der Waals surface area contributed by atoms with Crippen molar-refractivity contribution in [1.82, 2.24) is 19.9 Å². The first-order valence-electron chi connectivity index (χ1n) is 14.8. The van der Waals surface area contributed by atoms with Gasteiger partial charge in [0.1, 0.15) is 34.9 Å². The number of hydrogen-bond donors (Lipinski definition) is 2. The number of para-hydroxylation sites is 1. The zero-order valence-corrected chi connectivity index (χ0v) is 24.1. The summed E-state index contributed by atoms with van der Waals surface area (Å²) >= 11 is 0. The van der Waals surface area contributed by atoms with E-state index in [1.54, 1.807) is 50.4 Å². The summed E-state index contributed by atoms with van der Waals surface area (Å²) in [7, 11) is 0. The number of carbonyl (C=O) groups excluding carboxylic acids is 2. The predicted molar refractivity (Wildman–Crippen MR) is 162 cm³/mol. The number of ketones is 2. The van der Waals surface area contributed by atoms with Gasteiger partial charge in [0.25, 0.3) is 5.56 Å². The third kappa shape index (κ3) is 5.16. The maximum Gasteiger partial charge on any atom is 0.263 e. The van der Waals surface area contributed by atoms with Crippen molar-refractivity contribution in [2.24, 2.45) is 5.92 Å². The standard InChI is InChI=1S/C33H33N5O5/c1-33(2)29(28(40)24-5-3-4-6-26(24)43-33)38-30-20(17-25(31(38)41)27(39)19-7-8-19)18-35-32(37-30)36-21-9-11-22(12-10-21)42-23-13-15-34-16-14-23/h3-6,9-12,17-19,23,29,34H,7-8,13-16H2,1-2H3,(H,35,36,37). The number of piperidine rings is 1. The quantitative estimate of drug-likeness (QED) is 0.296. The lowest BCUT2D eigenvalue weighted by molar-refractivity contribution is 0.0303. The average Bonchev–Trinajstić information content (AvgIpc) is 3.85. The normalized spacial score (nSPS) is 19.9. The van der Waals surface area contributed by atoms with Crippen molar-refractivity contribution < 1.29 is 19.1 Å². The maximum atomic E-state index is 14.1. The van der Waals surface area contributed by atoms with Gasteiger partial charge in [0.2, 0.25) is 5.95 Å². The molecule has 1 unspecified atom stereocenters. The Hall–Kier alpha value is -4.57. The molecule has 220 valence electrons. The van der Waals surface area contributed by atoms with Gasteiger partial charge in [-0.1, -0.05) is 12.1 Å². The Morgan fingerprint density at radius 3 is 2.53 bits per heavy atom. The molecule has 43 heavy (non-hydrogen) atoms. The molecule has 2 fully saturated rings. The lowest BCUT2D eigenvalue weighted by Gasteiger charge is -2.39. The van der Waals surface area contributed by atoms with Crippen molar-refractivity contribution >= 4 is 34.2 Å². The first-order chi connectivity index (χ1) is 20.8. The number of nitrogens with one attached hydrogen (secondary N) is 2. The number of rotatable bonds is 7. The number of benzene rings is 2. The monoisotopic (exact) mass is 579 g/mol. The number of anilines is 2. The van der Waals surface area contributed by atoms with Gasteiger partial charge in [-0.25, -0.2) is 4.98 Å². The van der Waals surface area contributed by atoms with E-state index in [1.807, 2.05) is 24.3 Å². The highest BCUT2D eigenvalue weighted by atomic mass is 16.5. The minimum Gasteiger partial charge on any atom is -0.490 e. The summed E-state index contributed by atoms with van der Waals surface area (Å²) in [6.07, 6.45) is 5.21. The first-order valence-corrected chi connectivity index (χ1v) is 14.8. The van der Waals surface area contributed by atoms with E-state index in [0.717, 1.165) is 50.2 Å². The Balaban J connectivity index is 1.28. The van der Waals surface area contributed by atoms with E-state index in [9.17, 15) is 14.4 Å². The van der Waals surface area contributed by atoms with Crippen LogP contribution in [-0.4, -0.2) is 50.9 Å². The van der Waals surface area contributed by atoms with Gasteiger partial charge in [-0.3, -0.25) is 19.0 Å². The summed E-state index contributed by atoms with van der Waals surface area (Å²) in [6, 6.07) is 15.1. The molecule has 0 amide bonds. The fourth-order valence-electron chi connectivity index (χ4n) is 6.00. The molecular formula is C33H33N5O5. The molecule has 1 atom stereocenters. The van der Waals surface area contributed by atoms with Crippen LogP contribution in [0, 0.1) is 5.92 Å². The molecule has 2 aromatic heterocycles. The molecule has 4 heterocycles. The lowest BCUT2D eigenvalue weighted by atomic mass is 9.86. The summed E-state index contributed by atoms with van der Waals surface area (Å²) in [5, 5.41) is 7.03. The van der Waals surface area contributed by atoms with Crippen LogP contribution in [0.4, 0.5) is 11.6 Å². The SMILES string of the molecule is CC1(C)Oc2ccccc2C(=O)C1n1c(=O)c(C(=O)C2CC2)cc2cnc(Nc3ccc(OC4CCNCC4)cc3)nc21. The second-order valence-corrected chi connectivity index (χ2v) is 12.0. The summed E-state index contributed by atoms with van der Waals surface area (Å²) in [4.78, 5) is 50.5. The highest BCUT2D eigenvalue weighted by Crippen LogP contribution is 2.40. The van der Waals surface area contributed by atoms with Crippen LogP contribution in [0.3, 0.4) is 0 Å². The van der Waals surface area contributed by atoms with E-state index in [2.05, 4.69) is 15.6 Å². The smallest absolute Gasteiger partial charge is 0.263 e. The molecule has 1 saturated carbocycles. The van der Waals surface area contributed by atoms with Crippen LogP contribution in [0.25, 0.3) is 11.0 Å². The Morgan fingerprint density at radius 1 is 1.05 bits per heavy atom. The first kappa shape index (κ1) is 27.3. The zero-order valence-electron chi connectivity index (χ0n) is 24.1. The summed E-state index contributed by atoms with van der Waals surface area (Å²) in [5.74, 6) is 0.837. The van der Waals surface area contributed by atoms with Crippen LogP contribution >= 0.6 is 0 Å². The molecule has 1 saturated heterocycles. The van der Waals surface area contributed by atoms with Crippen molar-refractivity contribution in [3.8, 4) is 11.5 Å². The van der Waals surface area contributed by atoms with Crippen LogP contribution in [0.2, 0.25) is 0 Å². The topological polar surface area (TPSA) is 124 Å². The van der Waals surface area contributed by atoms with Gasteiger partial charge in [0, 0.05) is 23.2 Å². The molecule has 0 spiro atoms. The Kier molecular flexibility index (Phi) is 6.73. The minimum atomic E-state index is -1.10. The predicted octanol–water partition coefficient (Wildman–Crippen LogP) is 4.85. The van der Waals surface area contributed by atoms with E-state index in [0.29, 0.717) is 16.7 Å². The lowest BCUT2D eigenvalue weighted by Crippen LogP contribution is -2.50. The van der Waals surface area contributed by atoms with Crippen LogP contribution in [0.1, 0.15) is 66.3 Å². The Bertz CT molecular complexity index is 1790. The highest BCUT2D eigenvalue weighted by molar-refractivity contribution is 6.05. The van der Waals surface area contributed by atoms with E-state index in [4.69, 9.17) is 14.5 Å². The van der Waals surface area contributed by atoms with Crippen LogP contribution in [0.5, 0.6) is 11.5 Å². The van der Waals surface area contributed by atoms with Crippen LogP contribution in [-0.2, 0) is 0 Å². The zero-order chi connectivity index (χ0) is 29.7. The van der Waals surface area contributed by atoms with Gasteiger partial charge in [0.05, 0.1) is 11.1 Å². The molecule has 10 heteroatoms. The van der Waals surface area contributed by atoms with Gasteiger partial charge in [-0.2, -0.15) is 4.98 Å². The Morgan fingerprint density at radius 2 is 1.79 bits per heavy atom. The molecule has 7 rings (SSSR count). The van der Waals surface area contributed by atoms with E-state index in [-0.39, 0.29) is 40.7 Å². The molecule has 1 aliphatic carbocycles. The molecule has 10 nitrogen and oxygen atoms in total. The van der Waals surface area contributed by atoms with E-state index < -0.39 is 17.2 Å². The third-order valence-electron chi connectivity index (χ3n) is 8.38. The molecular weight excluding hydrogens is 546 g/mol. The van der Waals surface area contributed by atoms with Crippen molar-refractivity contribution in [3.63, 3.8) is 0 Å². The van der Waals surface area contributed by atoms with Crippen molar-refractivity contribution in [1.29, 1.82) is 0 Å². The number of fused-ring (bicyclic) bond motifs is 2. The fourth-order valence-corrected chi connectivity index (χ4v) is 6.00. The molecule has 4 aromatic rings. The number of nitrogens with zero attached hydrogens (tertiary/aromatic N) is 3. The number of Topliss-reactive ketones (excluding diaryl/α,β-unsaturated/α-hetero) is 2. The number of hydrogen-bond acceptors (Lipinski definition) is 9. The molecule has 2 aliphatic heterocycles. The van der Waals surface area contributed by atoms with Gasteiger partial charge in [-0.15, -0.1) is 0 Å². The van der Waals surface area contributed by atoms with Gasteiger partial charge in [0.15, 0.2) is 11.6 Å². The van der Waals surface area contributed by atoms with Crippen LogP contribution in [0.15, 0.2) is 65.6 Å².